The molecule has 1 N–H and O–H groups in total. The smallest absolute Gasteiger partial charge is 0.277 e. The van der Waals surface area contributed by atoms with Crippen LogP contribution in [0.3, 0.4) is 0 Å². The van der Waals surface area contributed by atoms with E-state index in [1.165, 1.54) is 4.52 Å². The van der Waals surface area contributed by atoms with E-state index in [0.29, 0.717) is 11.3 Å². The van der Waals surface area contributed by atoms with Crippen LogP contribution in [0.15, 0.2) is 49.1 Å². The lowest BCUT2D eigenvalue weighted by molar-refractivity contribution is 0.102. The molecule has 0 fully saturated rings. The summed E-state index contributed by atoms with van der Waals surface area (Å²) in [4.78, 5) is 20.9. The number of imidazole rings is 1. The van der Waals surface area contributed by atoms with Crippen LogP contribution in [0.5, 0.6) is 0 Å². The summed E-state index contributed by atoms with van der Waals surface area (Å²) < 4.78 is 3.47. The van der Waals surface area contributed by atoms with E-state index in [1.807, 2.05) is 42.7 Å². The number of fused-ring (bicyclic) bond motifs is 1. The number of halogens is 1. The summed E-state index contributed by atoms with van der Waals surface area (Å²) in [7, 11) is 0. The van der Waals surface area contributed by atoms with Crippen LogP contribution in [0.4, 0.5) is 5.69 Å². The first kappa shape index (κ1) is 16.3. The minimum absolute atomic E-state index is 0.135. The number of carbonyl (C=O) groups is 1. The Bertz CT molecular complexity index is 1110. The van der Waals surface area contributed by atoms with Crippen molar-refractivity contribution in [1.82, 2.24) is 24.1 Å². The standard InChI is InChI=1S/C18H15ClN6O/c1-11-12(2)24(10-21-11)14-6-4-13(5-7-14)22-18(26)16-15(19)17-20-8-3-9-25(17)23-16/h3-10H,1-2H3,(H,22,26). The van der Waals surface area contributed by atoms with E-state index in [-0.39, 0.29) is 16.6 Å². The molecule has 130 valence electrons. The maximum Gasteiger partial charge on any atom is 0.277 e. The maximum atomic E-state index is 12.5. The molecule has 8 heteroatoms. The largest absolute Gasteiger partial charge is 0.321 e. The Morgan fingerprint density at radius 2 is 1.92 bits per heavy atom. The number of aryl methyl sites for hydroxylation is 1. The minimum atomic E-state index is -0.386. The second-order valence-corrected chi connectivity index (χ2v) is 6.21. The summed E-state index contributed by atoms with van der Waals surface area (Å²) in [6, 6.07) is 9.19. The Hall–Kier alpha value is -3.19. The van der Waals surface area contributed by atoms with Crippen LogP contribution < -0.4 is 5.32 Å². The van der Waals surface area contributed by atoms with E-state index < -0.39 is 0 Å². The van der Waals surface area contributed by atoms with Crippen molar-refractivity contribution in [3.05, 3.63) is 71.2 Å². The number of nitrogens with zero attached hydrogens (tertiary/aromatic N) is 5. The van der Waals surface area contributed by atoms with Crippen LogP contribution in [0.25, 0.3) is 11.3 Å². The molecule has 1 aromatic carbocycles. The average Bonchev–Trinajstić information content (AvgIpc) is 3.16. The molecule has 0 radical (unpaired) electrons. The van der Waals surface area contributed by atoms with Gasteiger partial charge in [0.15, 0.2) is 11.3 Å². The first-order chi connectivity index (χ1) is 12.5. The predicted octanol–water partition coefficient (Wildman–Crippen LogP) is 3.44. The highest BCUT2D eigenvalue weighted by molar-refractivity contribution is 6.37. The van der Waals surface area contributed by atoms with E-state index >= 15 is 0 Å². The summed E-state index contributed by atoms with van der Waals surface area (Å²) in [6.07, 6.45) is 5.07. The molecule has 0 saturated carbocycles. The molecule has 0 atom stereocenters. The molecule has 0 aliphatic heterocycles. The number of aromatic nitrogens is 5. The first-order valence-electron chi connectivity index (χ1n) is 7.96. The van der Waals surface area contributed by atoms with Crippen molar-refractivity contribution in [2.24, 2.45) is 0 Å². The van der Waals surface area contributed by atoms with Gasteiger partial charge in [0.25, 0.3) is 5.91 Å². The third kappa shape index (κ3) is 2.72. The molecule has 7 nitrogen and oxygen atoms in total. The van der Waals surface area contributed by atoms with Gasteiger partial charge in [-0.05, 0) is 44.2 Å². The Kier molecular flexibility index (Phi) is 3.93. The number of carbonyl (C=O) groups excluding carboxylic acids is 1. The Morgan fingerprint density at radius 1 is 1.15 bits per heavy atom. The Labute approximate surface area is 154 Å². The fourth-order valence-corrected chi connectivity index (χ4v) is 2.92. The summed E-state index contributed by atoms with van der Waals surface area (Å²) in [5.41, 5.74) is 4.25. The summed E-state index contributed by atoms with van der Waals surface area (Å²) >= 11 is 6.23. The van der Waals surface area contributed by atoms with Gasteiger partial charge in [-0.3, -0.25) is 4.79 Å². The number of hydrogen-bond acceptors (Lipinski definition) is 4. The van der Waals surface area contributed by atoms with Crippen LogP contribution in [0, 0.1) is 13.8 Å². The highest BCUT2D eigenvalue weighted by Crippen LogP contribution is 2.22. The number of rotatable bonds is 3. The number of benzene rings is 1. The van der Waals surface area contributed by atoms with Gasteiger partial charge in [-0.25, -0.2) is 14.5 Å². The van der Waals surface area contributed by atoms with Crippen LogP contribution in [-0.4, -0.2) is 30.1 Å². The van der Waals surface area contributed by atoms with E-state index in [2.05, 4.69) is 20.4 Å². The van der Waals surface area contributed by atoms with Crippen LogP contribution >= 0.6 is 11.6 Å². The highest BCUT2D eigenvalue weighted by atomic mass is 35.5. The molecule has 0 aliphatic rings. The maximum absolute atomic E-state index is 12.5. The van der Waals surface area contributed by atoms with Gasteiger partial charge in [-0.1, -0.05) is 11.6 Å². The van der Waals surface area contributed by atoms with Crippen LogP contribution in [0.2, 0.25) is 5.02 Å². The van der Waals surface area contributed by atoms with Gasteiger partial charge < -0.3 is 9.88 Å². The van der Waals surface area contributed by atoms with Gasteiger partial charge in [-0.15, -0.1) is 0 Å². The predicted molar refractivity (Wildman–Crippen MR) is 99.0 cm³/mol. The van der Waals surface area contributed by atoms with Crippen molar-refractivity contribution in [1.29, 1.82) is 0 Å². The van der Waals surface area contributed by atoms with E-state index in [0.717, 1.165) is 17.1 Å². The molecule has 4 rings (SSSR count). The van der Waals surface area contributed by atoms with Crippen molar-refractivity contribution in [2.45, 2.75) is 13.8 Å². The number of amides is 1. The van der Waals surface area contributed by atoms with Gasteiger partial charge >= 0.3 is 0 Å². The zero-order valence-corrected chi connectivity index (χ0v) is 14.9. The molecule has 1 amide bonds. The van der Waals surface area contributed by atoms with Gasteiger partial charge in [0, 0.05) is 29.5 Å². The molecule has 4 aromatic rings. The average molecular weight is 367 g/mol. The second-order valence-electron chi connectivity index (χ2n) is 5.84. The van der Waals surface area contributed by atoms with Crippen LogP contribution in [0.1, 0.15) is 21.9 Å². The lowest BCUT2D eigenvalue weighted by Gasteiger charge is -2.08. The lowest BCUT2D eigenvalue weighted by atomic mass is 10.2. The normalized spacial score (nSPS) is 11.0. The van der Waals surface area contributed by atoms with E-state index in [4.69, 9.17) is 11.6 Å². The summed E-state index contributed by atoms with van der Waals surface area (Å²) in [5.74, 6) is -0.386. The number of nitrogens with one attached hydrogen (secondary N) is 1. The van der Waals surface area contributed by atoms with Crippen LogP contribution in [-0.2, 0) is 0 Å². The Balaban J connectivity index is 1.58. The third-order valence-corrected chi connectivity index (χ3v) is 4.56. The summed E-state index contributed by atoms with van der Waals surface area (Å²) in [5, 5.41) is 7.22. The molecular formula is C18H15ClN6O. The minimum Gasteiger partial charge on any atom is -0.321 e. The molecule has 0 spiro atoms. The van der Waals surface area contributed by atoms with Crippen molar-refractivity contribution < 1.29 is 4.79 Å². The fourth-order valence-electron chi connectivity index (χ4n) is 2.66. The van der Waals surface area contributed by atoms with Gasteiger partial charge in [-0.2, -0.15) is 5.10 Å². The molecule has 0 aliphatic carbocycles. The van der Waals surface area contributed by atoms with Gasteiger partial charge in [0.2, 0.25) is 0 Å². The van der Waals surface area contributed by atoms with Crippen molar-refractivity contribution in [3.8, 4) is 5.69 Å². The number of anilines is 1. The second kappa shape index (κ2) is 6.27. The van der Waals surface area contributed by atoms with E-state index in [1.54, 1.807) is 24.8 Å². The Morgan fingerprint density at radius 3 is 2.58 bits per heavy atom. The number of hydrogen-bond donors (Lipinski definition) is 1. The molecule has 0 unspecified atom stereocenters. The quantitative estimate of drug-likeness (QED) is 0.602. The zero-order chi connectivity index (χ0) is 18.3. The molecule has 3 heterocycles. The van der Waals surface area contributed by atoms with Crippen molar-refractivity contribution >= 4 is 28.8 Å². The molecule has 26 heavy (non-hydrogen) atoms. The summed E-state index contributed by atoms with van der Waals surface area (Å²) in [6.45, 7) is 3.98. The molecule has 3 aromatic heterocycles. The lowest BCUT2D eigenvalue weighted by Crippen LogP contribution is -2.13. The highest BCUT2D eigenvalue weighted by Gasteiger charge is 2.18. The zero-order valence-electron chi connectivity index (χ0n) is 14.1. The monoisotopic (exact) mass is 366 g/mol. The first-order valence-corrected chi connectivity index (χ1v) is 8.33. The topological polar surface area (TPSA) is 77.1 Å². The molecular weight excluding hydrogens is 352 g/mol. The molecule has 0 saturated heterocycles. The van der Waals surface area contributed by atoms with Gasteiger partial charge in [0.1, 0.15) is 5.02 Å². The van der Waals surface area contributed by atoms with Gasteiger partial charge in [0.05, 0.1) is 12.0 Å². The SMILES string of the molecule is Cc1ncn(-c2ccc(NC(=O)c3nn4cccnc4c3Cl)cc2)c1C. The van der Waals surface area contributed by atoms with E-state index in [9.17, 15) is 4.79 Å². The van der Waals surface area contributed by atoms with Crippen molar-refractivity contribution in [2.75, 3.05) is 5.32 Å². The fraction of sp³-hybridized carbons (Fsp3) is 0.111. The third-order valence-electron chi connectivity index (χ3n) is 4.21. The molecule has 0 bridgehead atoms. The van der Waals surface area contributed by atoms with Crippen molar-refractivity contribution in [3.63, 3.8) is 0 Å².